The molecule has 6 N–H and O–H groups in total. The van der Waals surface area contributed by atoms with Crippen molar-refractivity contribution in [3.63, 3.8) is 0 Å². The number of amides is 3. The van der Waals surface area contributed by atoms with E-state index in [4.69, 9.17) is 15.7 Å². The number of hydrogen-bond donors (Lipinski definition) is 5. The Labute approximate surface area is 344 Å². The molecule has 0 aliphatic carbocycles. The summed E-state index contributed by atoms with van der Waals surface area (Å²) >= 11 is 0. The van der Waals surface area contributed by atoms with Gasteiger partial charge in [0.05, 0.1) is 41.3 Å². The number of carboxylic acids is 1. The first-order chi connectivity index (χ1) is 28.6. The average Bonchev–Trinajstić information content (AvgIpc) is 3.22. The zero-order chi connectivity index (χ0) is 43.5. The lowest BCUT2D eigenvalue weighted by Crippen LogP contribution is -2.44. The summed E-state index contributed by atoms with van der Waals surface area (Å²) in [4.78, 5) is 89.0. The molecule has 0 spiro atoms. The first-order valence-electron chi connectivity index (χ1n) is 18.6. The molecular weight excluding hydrogens is 769 g/mol. The van der Waals surface area contributed by atoms with Gasteiger partial charge in [-0.25, -0.2) is 4.79 Å². The van der Waals surface area contributed by atoms with Crippen molar-refractivity contribution in [1.82, 2.24) is 5.32 Å². The van der Waals surface area contributed by atoms with E-state index in [1.54, 1.807) is 32.0 Å². The Bertz CT molecular complexity index is 2510. The van der Waals surface area contributed by atoms with Crippen LogP contribution in [0, 0.1) is 11.3 Å². The molecule has 5 aromatic rings. The molecule has 5 rings (SSSR count). The molecule has 0 aliphatic rings. The quantitative estimate of drug-likeness (QED) is 0.0679. The molecule has 14 nitrogen and oxygen atoms in total. The standard InChI is InChI=1S/C46H40N4O10/c1-26(2)60-43-33(16-19-36(42(43)55)39(52)22-29-4-3-5-34(20-29)46(58)59)23-38(51)30-10-6-27(7-11-30)21-40(53)37(24-41(48)54)50-45(57)32-14-17-35(18-15-32)49-44(56)31-12-8-28(25-47)9-13-31/h3-20,26,37,55H,21-24H2,1-2H3,(H2,48,54)(H,49,56)(H,50,57)(H,58,59)/t37-/m0/s1. The lowest BCUT2D eigenvalue weighted by Gasteiger charge is -2.18. The fourth-order valence-electron chi connectivity index (χ4n) is 6.14. The number of phenolic OH excluding ortho intramolecular Hbond substituents is 1. The molecule has 0 aromatic heterocycles. The van der Waals surface area contributed by atoms with E-state index in [1.165, 1.54) is 91.0 Å². The van der Waals surface area contributed by atoms with Crippen LogP contribution >= 0.6 is 0 Å². The zero-order valence-corrected chi connectivity index (χ0v) is 32.6. The minimum Gasteiger partial charge on any atom is -0.504 e. The van der Waals surface area contributed by atoms with E-state index in [0.717, 1.165) is 0 Å². The molecule has 60 heavy (non-hydrogen) atoms. The van der Waals surface area contributed by atoms with Crippen LogP contribution in [-0.4, -0.2) is 63.4 Å². The second kappa shape index (κ2) is 19.5. The Kier molecular flexibility index (Phi) is 14.0. The number of hydrogen-bond acceptors (Lipinski definition) is 10. The molecule has 3 amide bonds. The Balaban J connectivity index is 1.22. The number of primary amides is 1. The number of nitrogens with zero attached hydrogens (tertiary/aromatic N) is 1. The van der Waals surface area contributed by atoms with E-state index < -0.39 is 59.6 Å². The van der Waals surface area contributed by atoms with Gasteiger partial charge in [0.2, 0.25) is 5.91 Å². The van der Waals surface area contributed by atoms with Gasteiger partial charge >= 0.3 is 5.97 Å². The largest absolute Gasteiger partial charge is 0.504 e. The van der Waals surface area contributed by atoms with Crippen LogP contribution < -0.4 is 21.1 Å². The number of anilines is 1. The van der Waals surface area contributed by atoms with Crippen molar-refractivity contribution < 1.29 is 48.5 Å². The van der Waals surface area contributed by atoms with Crippen LogP contribution in [0.2, 0.25) is 0 Å². The second-order valence-corrected chi connectivity index (χ2v) is 14.1. The van der Waals surface area contributed by atoms with Gasteiger partial charge in [-0.2, -0.15) is 5.26 Å². The van der Waals surface area contributed by atoms with E-state index in [9.17, 15) is 43.8 Å². The fourth-order valence-corrected chi connectivity index (χ4v) is 6.14. The van der Waals surface area contributed by atoms with Gasteiger partial charge in [0.15, 0.2) is 28.8 Å². The third-order valence-corrected chi connectivity index (χ3v) is 9.19. The minimum atomic E-state index is -1.26. The number of ketones is 3. The van der Waals surface area contributed by atoms with Gasteiger partial charge in [0.1, 0.15) is 0 Å². The highest BCUT2D eigenvalue weighted by molar-refractivity contribution is 6.05. The van der Waals surface area contributed by atoms with Gasteiger partial charge in [-0.15, -0.1) is 0 Å². The topological polar surface area (TPSA) is 243 Å². The van der Waals surface area contributed by atoms with Crippen molar-refractivity contribution in [2.24, 2.45) is 5.73 Å². The SMILES string of the molecule is CC(C)Oc1c(CC(=O)c2ccc(CC(=O)[C@H](CC(N)=O)NC(=O)c3ccc(NC(=O)c4ccc(C#N)cc4)cc3)cc2)ccc(C(=O)Cc2cccc(C(=O)O)c2)c1O. The van der Waals surface area contributed by atoms with Crippen LogP contribution in [0.4, 0.5) is 5.69 Å². The normalized spacial score (nSPS) is 11.2. The fraction of sp³-hybridized carbons (Fsp3) is 0.174. The molecule has 0 heterocycles. The molecule has 0 aliphatic heterocycles. The highest BCUT2D eigenvalue weighted by atomic mass is 16.5. The number of rotatable bonds is 18. The first kappa shape index (κ1) is 43.2. The van der Waals surface area contributed by atoms with Crippen molar-refractivity contribution in [3.05, 3.63) is 159 Å². The van der Waals surface area contributed by atoms with Gasteiger partial charge in [-0.05, 0) is 91.7 Å². The van der Waals surface area contributed by atoms with Gasteiger partial charge in [-0.3, -0.25) is 28.8 Å². The lowest BCUT2D eigenvalue weighted by molar-refractivity contribution is -0.125. The number of carbonyl (C=O) groups is 7. The molecule has 0 radical (unpaired) electrons. The summed E-state index contributed by atoms with van der Waals surface area (Å²) in [5.74, 6) is -4.86. The molecule has 0 unspecified atom stereocenters. The molecule has 0 fully saturated rings. The number of benzene rings is 5. The third-order valence-electron chi connectivity index (χ3n) is 9.19. The predicted molar refractivity (Wildman–Crippen MR) is 219 cm³/mol. The predicted octanol–water partition coefficient (Wildman–Crippen LogP) is 5.64. The third kappa shape index (κ3) is 11.4. The zero-order valence-electron chi connectivity index (χ0n) is 32.6. The number of aromatic hydroxyl groups is 1. The van der Waals surface area contributed by atoms with Crippen LogP contribution in [0.15, 0.2) is 109 Å². The summed E-state index contributed by atoms with van der Waals surface area (Å²) in [5.41, 5.74) is 8.17. The molecule has 5 aromatic carbocycles. The number of Topliss-reactive ketones (excluding diaryl/α,β-unsaturated/α-hetero) is 3. The number of carbonyl (C=O) groups excluding carboxylic acids is 6. The van der Waals surface area contributed by atoms with E-state index in [2.05, 4.69) is 10.6 Å². The van der Waals surface area contributed by atoms with Gasteiger partial charge in [-0.1, -0.05) is 42.5 Å². The van der Waals surface area contributed by atoms with Crippen LogP contribution in [0.25, 0.3) is 0 Å². The van der Waals surface area contributed by atoms with Crippen molar-refractivity contribution in [3.8, 4) is 17.6 Å². The maximum absolute atomic E-state index is 13.4. The molecule has 304 valence electrons. The number of carboxylic acid groups (broad SMARTS) is 1. The summed E-state index contributed by atoms with van der Waals surface area (Å²) in [7, 11) is 0. The van der Waals surface area contributed by atoms with Crippen molar-refractivity contribution >= 4 is 46.7 Å². The Hall–Kier alpha value is -7.92. The van der Waals surface area contributed by atoms with Gasteiger partial charge in [0, 0.05) is 47.2 Å². The molecule has 0 saturated heterocycles. The summed E-state index contributed by atoms with van der Waals surface area (Å²) < 4.78 is 5.86. The van der Waals surface area contributed by atoms with Crippen LogP contribution in [0.1, 0.15) is 94.3 Å². The summed E-state index contributed by atoms with van der Waals surface area (Å²) in [6.45, 7) is 3.44. The smallest absolute Gasteiger partial charge is 0.335 e. The van der Waals surface area contributed by atoms with E-state index in [0.29, 0.717) is 33.5 Å². The Morgan fingerprint density at radius 3 is 1.97 bits per heavy atom. The van der Waals surface area contributed by atoms with Crippen molar-refractivity contribution in [2.45, 2.75) is 51.7 Å². The molecular formula is C46H40N4O10. The number of phenols is 1. The summed E-state index contributed by atoms with van der Waals surface area (Å²) in [6, 6.07) is 27.6. The van der Waals surface area contributed by atoms with Crippen LogP contribution in [0.5, 0.6) is 11.5 Å². The van der Waals surface area contributed by atoms with Gasteiger partial charge in [0.25, 0.3) is 11.8 Å². The maximum Gasteiger partial charge on any atom is 0.335 e. The number of nitrogens with one attached hydrogen (secondary N) is 2. The minimum absolute atomic E-state index is 0.0189. The number of aromatic carboxylic acids is 1. The number of ether oxygens (including phenoxy) is 1. The van der Waals surface area contributed by atoms with Gasteiger partial charge < -0.3 is 31.3 Å². The van der Waals surface area contributed by atoms with Crippen LogP contribution in [0.3, 0.4) is 0 Å². The lowest BCUT2D eigenvalue weighted by atomic mass is 9.95. The first-order valence-corrected chi connectivity index (χ1v) is 18.6. The number of nitrogens with two attached hydrogens (primary N) is 1. The average molecular weight is 809 g/mol. The van der Waals surface area contributed by atoms with Crippen LogP contribution in [-0.2, 0) is 28.9 Å². The maximum atomic E-state index is 13.4. The Morgan fingerprint density at radius 1 is 0.717 bits per heavy atom. The molecule has 0 bridgehead atoms. The summed E-state index contributed by atoms with van der Waals surface area (Å²) in [6.07, 6.45) is -1.48. The molecule has 14 heteroatoms. The second-order valence-electron chi connectivity index (χ2n) is 14.1. The molecule has 1 atom stereocenters. The van der Waals surface area contributed by atoms with E-state index >= 15 is 0 Å². The molecule has 0 saturated carbocycles. The number of nitriles is 1. The highest BCUT2D eigenvalue weighted by Gasteiger charge is 2.25. The highest BCUT2D eigenvalue weighted by Crippen LogP contribution is 2.36. The van der Waals surface area contributed by atoms with Crippen molar-refractivity contribution in [1.29, 1.82) is 5.26 Å². The van der Waals surface area contributed by atoms with E-state index in [1.807, 2.05) is 6.07 Å². The Morgan fingerprint density at radius 2 is 1.35 bits per heavy atom. The van der Waals surface area contributed by atoms with Crippen molar-refractivity contribution in [2.75, 3.05) is 5.32 Å². The van der Waals surface area contributed by atoms with E-state index in [-0.39, 0.29) is 53.0 Å². The monoisotopic (exact) mass is 808 g/mol. The summed E-state index contributed by atoms with van der Waals surface area (Å²) in [5, 5.41) is 34.7.